The third-order valence-electron chi connectivity index (χ3n) is 3.79. The van der Waals surface area contributed by atoms with Crippen molar-refractivity contribution in [3.63, 3.8) is 0 Å². The Hall–Kier alpha value is -0.850. The zero-order chi connectivity index (χ0) is 16.0. The van der Waals surface area contributed by atoms with Gasteiger partial charge in [0.25, 0.3) is 0 Å². The van der Waals surface area contributed by atoms with Gasteiger partial charge < -0.3 is 20.7 Å². The van der Waals surface area contributed by atoms with Crippen molar-refractivity contribution >= 4 is 6.09 Å². The standard InChI is InChI=1S/C15H32N4O2/c1-12(17-14(20)21-15(2,3)4)13(11-16)19-8-6-7-18(5)9-10-19/h12-13H,6-11,16H2,1-5H3,(H,17,20). The molecule has 124 valence electrons. The molecule has 1 rings (SSSR count). The van der Waals surface area contributed by atoms with E-state index >= 15 is 0 Å². The van der Waals surface area contributed by atoms with Crippen LogP contribution in [0.15, 0.2) is 0 Å². The monoisotopic (exact) mass is 300 g/mol. The number of ether oxygens (including phenoxy) is 1. The van der Waals surface area contributed by atoms with Crippen molar-refractivity contribution in [2.75, 3.05) is 39.8 Å². The number of nitrogens with zero attached hydrogens (tertiary/aromatic N) is 2. The lowest BCUT2D eigenvalue weighted by Gasteiger charge is -2.34. The molecule has 2 unspecified atom stereocenters. The topological polar surface area (TPSA) is 70.8 Å². The van der Waals surface area contributed by atoms with E-state index in [1.807, 2.05) is 27.7 Å². The Labute approximate surface area is 129 Å². The molecule has 0 aromatic carbocycles. The zero-order valence-electron chi connectivity index (χ0n) is 14.2. The average molecular weight is 300 g/mol. The molecular formula is C15H32N4O2. The summed E-state index contributed by atoms with van der Waals surface area (Å²) in [6, 6.07) is 0.109. The number of hydrogen-bond acceptors (Lipinski definition) is 5. The molecule has 1 heterocycles. The summed E-state index contributed by atoms with van der Waals surface area (Å²) in [7, 11) is 2.14. The first-order valence-electron chi connectivity index (χ1n) is 7.85. The highest BCUT2D eigenvalue weighted by Crippen LogP contribution is 2.11. The summed E-state index contributed by atoms with van der Waals surface area (Å²) in [5, 5.41) is 2.92. The molecule has 21 heavy (non-hydrogen) atoms. The van der Waals surface area contributed by atoms with Crippen LogP contribution in [0.5, 0.6) is 0 Å². The number of rotatable bonds is 4. The van der Waals surface area contributed by atoms with E-state index in [1.165, 1.54) is 0 Å². The molecular weight excluding hydrogens is 268 g/mol. The molecule has 2 atom stereocenters. The molecule has 6 heteroatoms. The number of carbonyl (C=O) groups excluding carboxylic acids is 1. The van der Waals surface area contributed by atoms with Crippen molar-refractivity contribution in [3.05, 3.63) is 0 Å². The van der Waals surface area contributed by atoms with Gasteiger partial charge in [0, 0.05) is 31.7 Å². The van der Waals surface area contributed by atoms with E-state index in [0.29, 0.717) is 6.54 Å². The molecule has 3 N–H and O–H groups in total. The highest BCUT2D eigenvalue weighted by molar-refractivity contribution is 5.68. The molecule has 1 aliphatic heterocycles. The molecule has 0 spiro atoms. The first-order chi connectivity index (χ1) is 9.73. The molecule has 0 aromatic heterocycles. The highest BCUT2D eigenvalue weighted by atomic mass is 16.6. The molecule has 0 saturated carbocycles. The molecule has 1 aliphatic rings. The van der Waals surface area contributed by atoms with Crippen LogP contribution >= 0.6 is 0 Å². The first kappa shape index (κ1) is 18.2. The maximum atomic E-state index is 11.9. The Morgan fingerprint density at radius 3 is 2.52 bits per heavy atom. The van der Waals surface area contributed by atoms with Crippen molar-refractivity contribution in [1.29, 1.82) is 0 Å². The average Bonchev–Trinajstić information content (AvgIpc) is 2.53. The quantitative estimate of drug-likeness (QED) is 0.806. The fraction of sp³-hybridized carbons (Fsp3) is 0.933. The molecule has 0 bridgehead atoms. The maximum absolute atomic E-state index is 11.9. The molecule has 6 nitrogen and oxygen atoms in total. The minimum absolute atomic E-state index is 0.0340. The van der Waals surface area contributed by atoms with Crippen molar-refractivity contribution in [2.24, 2.45) is 5.73 Å². The van der Waals surface area contributed by atoms with Crippen molar-refractivity contribution in [3.8, 4) is 0 Å². The summed E-state index contributed by atoms with van der Waals surface area (Å²) in [5.41, 5.74) is 5.47. The van der Waals surface area contributed by atoms with Gasteiger partial charge in [-0.15, -0.1) is 0 Å². The smallest absolute Gasteiger partial charge is 0.407 e. The summed E-state index contributed by atoms with van der Waals surface area (Å²) in [5.74, 6) is 0. The normalized spacial score (nSPS) is 21.4. The van der Waals surface area contributed by atoms with E-state index in [9.17, 15) is 4.79 Å². The van der Waals surface area contributed by atoms with Gasteiger partial charge >= 0.3 is 6.09 Å². The van der Waals surface area contributed by atoms with Crippen LogP contribution < -0.4 is 11.1 Å². The summed E-state index contributed by atoms with van der Waals surface area (Å²) in [6.07, 6.45) is 0.756. The van der Waals surface area contributed by atoms with Gasteiger partial charge in [-0.3, -0.25) is 4.90 Å². The lowest BCUT2D eigenvalue weighted by Crippen LogP contribution is -2.55. The Morgan fingerprint density at radius 1 is 1.29 bits per heavy atom. The van der Waals surface area contributed by atoms with E-state index in [4.69, 9.17) is 10.5 Å². The van der Waals surface area contributed by atoms with Crippen LogP contribution in [-0.2, 0) is 4.74 Å². The Kier molecular flexibility index (Phi) is 6.90. The van der Waals surface area contributed by atoms with Crippen molar-refractivity contribution < 1.29 is 9.53 Å². The van der Waals surface area contributed by atoms with Gasteiger partial charge in [0.15, 0.2) is 0 Å². The van der Waals surface area contributed by atoms with Crippen LogP contribution in [0.2, 0.25) is 0 Å². The van der Waals surface area contributed by atoms with Crippen LogP contribution in [0.4, 0.5) is 4.79 Å². The molecule has 0 radical (unpaired) electrons. The van der Waals surface area contributed by atoms with E-state index in [2.05, 4.69) is 22.2 Å². The Bertz CT molecular complexity index is 330. The number of nitrogens with one attached hydrogen (secondary N) is 1. The summed E-state index contributed by atoms with van der Waals surface area (Å²) >= 11 is 0. The fourth-order valence-corrected chi connectivity index (χ4v) is 2.66. The lowest BCUT2D eigenvalue weighted by molar-refractivity contribution is 0.0471. The largest absolute Gasteiger partial charge is 0.444 e. The molecule has 1 fully saturated rings. The van der Waals surface area contributed by atoms with Crippen LogP contribution in [0.25, 0.3) is 0 Å². The van der Waals surface area contributed by atoms with E-state index in [0.717, 1.165) is 32.6 Å². The lowest BCUT2D eigenvalue weighted by atomic mass is 10.1. The molecule has 1 amide bonds. The van der Waals surface area contributed by atoms with Crippen LogP contribution in [-0.4, -0.2) is 73.3 Å². The second-order valence-corrected chi connectivity index (χ2v) is 6.93. The molecule has 1 saturated heterocycles. The van der Waals surface area contributed by atoms with Crippen molar-refractivity contribution in [2.45, 2.75) is 51.8 Å². The maximum Gasteiger partial charge on any atom is 0.407 e. The minimum atomic E-state index is -0.479. The summed E-state index contributed by atoms with van der Waals surface area (Å²) < 4.78 is 5.31. The van der Waals surface area contributed by atoms with Gasteiger partial charge in [-0.1, -0.05) is 0 Å². The van der Waals surface area contributed by atoms with E-state index in [1.54, 1.807) is 0 Å². The first-order valence-corrected chi connectivity index (χ1v) is 7.85. The molecule has 0 aliphatic carbocycles. The zero-order valence-corrected chi connectivity index (χ0v) is 14.2. The van der Waals surface area contributed by atoms with Gasteiger partial charge in [-0.05, 0) is 54.3 Å². The van der Waals surface area contributed by atoms with Gasteiger partial charge in [-0.2, -0.15) is 0 Å². The number of alkyl carbamates (subject to hydrolysis) is 1. The Morgan fingerprint density at radius 2 is 1.95 bits per heavy atom. The SMILES string of the molecule is CC(NC(=O)OC(C)(C)C)C(CN)N1CCCN(C)CC1. The number of hydrogen-bond donors (Lipinski definition) is 2. The predicted molar refractivity (Wildman–Crippen MR) is 85.4 cm³/mol. The Balaban J connectivity index is 2.55. The predicted octanol–water partition coefficient (Wildman–Crippen LogP) is 0.864. The number of nitrogens with two attached hydrogens (primary N) is 1. The van der Waals surface area contributed by atoms with Crippen LogP contribution in [0.3, 0.4) is 0 Å². The number of carbonyl (C=O) groups is 1. The van der Waals surface area contributed by atoms with Gasteiger partial charge in [0.05, 0.1) is 0 Å². The van der Waals surface area contributed by atoms with Crippen molar-refractivity contribution in [1.82, 2.24) is 15.1 Å². The van der Waals surface area contributed by atoms with E-state index in [-0.39, 0.29) is 18.2 Å². The number of amides is 1. The second kappa shape index (κ2) is 7.96. The number of likely N-dealkylation sites (N-methyl/N-ethyl adjacent to an activating group) is 1. The third-order valence-corrected chi connectivity index (χ3v) is 3.79. The van der Waals surface area contributed by atoms with Gasteiger partial charge in [0.2, 0.25) is 0 Å². The minimum Gasteiger partial charge on any atom is -0.444 e. The second-order valence-electron chi connectivity index (χ2n) is 6.93. The van der Waals surface area contributed by atoms with Gasteiger partial charge in [-0.25, -0.2) is 4.79 Å². The van der Waals surface area contributed by atoms with Gasteiger partial charge in [0.1, 0.15) is 5.60 Å². The van der Waals surface area contributed by atoms with E-state index < -0.39 is 5.60 Å². The van der Waals surface area contributed by atoms with Crippen LogP contribution in [0, 0.1) is 0 Å². The summed E-state index contributed by atoms with van der Waals surface area (Å²) in [6.45, 7) is 12.3. The molecule has 0 aromatic rings. The highest BCUT2D eigenvalue weighted by Gasteiger charge is 2.27. The summed E-state index contributed by atoms with van der Waals surface area (Å²) in [4.78, 5) is 16.6. The van der Waals surface area contributed by atoms with Crippen LogP contribution in [0.1, 0.15) is 34.1 Å². The fourth-order valence-electron chi connectivity index (χ4n) is 2.66. The third kappa shape index (κ3) is 6.63.